The van der Waals surface area contributed by atoms with Crippen molar-refractivity contribution in [2.75, 3.05) is 21.1 Å². The highest BCUT2D eigenvalue weighted by Crippen LogP contribution is 2.12. The Morgan fingerprint density at radius 1 is 1.23 bits per heavy atom. The normalized spacial score (nSPS) is 14.2. The molecular formula is C11H24BrN. The van der Waals surface area contributed by atoms with E-state index in [1.165, 1.54) is 19.3 Å². The molecule has 0 aromatic heterocycles. The number of hydrogen-bond acceptors (Lipinski definition) is 0. The Hall–Kier alpha value is 0.180. The van der Waals surface area contributed by atoms with Gasteiger partial charge in [-0.15, -0.1) is 0 Å². The van der Waals surface area contributed by atoms with Crippen LogP contribution >= 0.6 is 0 Å². The molecular weight excluding hydrogens is 226 g/mol. The van der Waals surface area contributed by atoms with Gasteiger partial charge in [0, 0.05) is 6.42 Å². The zero-order valence-electron chi connectivity index (χ0n) is 9.68. The minimum atomic E-state index is 0. The van der Waals surface area contributed by atoms with Gasteiger partial charge in [-0.1, -0.05) is 19.4 Å². The number of quaternary nitrogens is 1. The van der Waals surface area contributed by atoms with Gasteiger partial charge in [0.1, 0.15) is 6.04 Å². The molecule has 80 valence electrons. The molecule has 0 N–H and O–H groups in total. The van der Waals surface area contributed by atoms with Crippen LogP contribution in [0.4, 0.5) is 0 Å². The summed E-state index contributed by atoms with van der Waals surface area (Å²) in [4.78, 5) is 0. The first-order valence-electron chi connectivity index (χ1n) is 4.96. The fourth-order valence-corrected chi connectivity index (χ4v) is 1.38. The van der Waals surface area contributed by atoms with Crippen LogP contribution in [0.25, 0.3) is 0 Å². The van der Waals surface area contributed by atoms with Crippen LogP contribution in [0.2, 0.25) is 0 Å². The van der Waals surface area contributed by atoms with Crippen molar-refractivity contribution in [3.63, 3.8) is 0 Å². The third-order valence-corrected chi connectivity index (χ3v) is 2.26. The van der Waals surface area contributed by atoms with Gasteiger partial charge in [-0.3, -0.25) is 0 Å². The lowest BCUT2D eigenvalue weighted by Gasteiger charge is -2.32. The van der Waals surface area contributed by atoms with Crippen LogP contribution in [0.5, 0.6) is 0 Å². The smallest absolute Gasteiger partial charge is 0.107 e. The molecule has 0 aliphatic heterocycles. The summed E-state index contributed by atoms with van der Waals surface area (Å²) in [6.07, 6.45) is 8.45. The standard InChI is InChI=1S/C11H24N.BrH/c1-6-8-10-11(9-7-2)12(3,4)5;/h7,9,11H,6,8,10H2,1-5H3;1H/q+1;/p-1/b9-7+;. The van der Waals surface area contributed by atoms with Crippen LogP contribution in [0.3, 0.4) is 0 Å². The van der Waals surface area contributed by atoms with Crippen LogP contribution in [0, 0.1) is 0 Å². The molecule has 0 aromatic rings. The van der Waals surface area contributed by atoms with Gasteiger partial charge < -0.3 is 21.5 Å². The number of allylic oxidation sites excluding steroid dienone is 1. The second-order valence-electron chi connectivity index (χ2n) is 4.35. The van der Waals surface area contributed by atoms with Gasteiger partial charge in [-0.2, -0.15) is 0 Å². The molecule has 1 nitrogen and oxygen atoms in total. The van der Waals surface area contributed by atoms with E-state index < -0.39 is 0 Å². The molecule has 13 heavy (non-hydrogen) atoms. The maximum Gasteiger partial charge on any atom is 0.107 e. The summed E-state index contributed by atoms with van der Waals surface area (Å²) in [7, 11) is 6.79. The van der Waals surface area contributed by atoms with E-state index in [0.717, 1.165) is 4.48 Å². The molecule has 0 saturated carbocycles. The van der Waals surface area contributed by atoms with Gasteiger partial charge in [-0.25, -0.2) is 0 Å². The fourth-order valence-electron chi connectivity index (χ4n) is 1.38. The van der Waals surface area contributed by atoms with Crippen molar-refractivity contribution in [1.82, 2.24) is 0 Å². The minimum absolute atomic E-state index is 0. The lowest BCUT2D eigenvalue weighted by atomic mass is 10.1. The fraction of sp³-hybridized carbons (Fsp3) is 0.818. The van der Waals surface area contributed by atoms with E-state index in [1.807, 2.05) is 0 Å². The SMILES string of the molecule is C/C=C/C(CCCC)[N+](C)(C)C.[Br-]. The van der Waals surface area contributed by atoms with Crippen molar-refractivity contribution in [3.05, 3.63) is 12.2 Å². The first-order valence-corrected chi connectivity index (χ1v) is 4.96. The average Bonchev–Trinajstić information content (AvgIpc) is 1.95. The van der Waals surface area contributed by atoms with Crippen LogP contribution in [0.1, 0.15) is 33.1 Å². The summed E-state index contributed by atoms with van der Waals surface area (Å²) in [5.74, 6) is 0. The van der Waals surface area contributed by atoms with Gasteiger partial charge in [0.25, 0.3) is 0 Å². The zero-order valence-corrected chi connectivity index (χ0v) is 11.3. The predicted octanol–water partition coefficient (Wildman–Crippen LogP) is -0.168. The number of halogens is 1. The Kier molecular flexibility index (Phi) is 9.11. The highest BCUT2D eigenvalue weighted by Gasteiger charge is 2.19. The van der Waals surface area contributed by atoms with Crippen molar-refractivity contribution in [2.24, 2.45) is 0 Å². The molecule has 0 spiro atoms. The molecule has 0 aliphatic carbocycles. The molecule has 1 unspecified atom stereocenters. The van der Waals surface area contributed by atoms with E-state index in [1.54, 1.807) is 0 Å². The van der Waals surface area contributed by atoms with Crippen molar-refractivity contribution in [1.29, 1.82) is 0 Å². The van der Waals surface area contributed by atoms with E-state index in [4.69, 9.17) is 0 Å². The largest absolute Gasteiger partial charge is 1.00 e. The number of rotatable bonds is 5. The van der Waals surface area contributed by atoms with Gasteiger partial charge in [-0.05, 0) is 19.4 Å². The van der Waals surface area contributed by atoms with Crippen LogP contribution in [0.15, 0.2) is 12.2 Å². The maximum absolute atomic E-state index is 2.33. The maximum atomic E-state index is 2.33. The molecule has 0 heterocycles. The summed E-state index contributed by atoms with van der Waals surface area (Å²) < 4.78 is 1.05. The molecule has 2 heteroatoms. The summed E-state index contributed by atoms with van der Waals surface area (Å²) in [6.45, 7) is 4.36. The van der Waals surface area contributed by atoms with Crippen LogP contribution in [-0.4, -0.2) is 31.7 Å². The first-order chi connectivity index (χ1) is 5.52. The summed E-state index contributed by atoms with van der Waals surface area (Å²) in [5.41, 5.74) is 0. The number of hydrogen-bond donors (Lipinski definition) is 0. The molecule has 0 aromatic carbocycles. The van der Waals surface area contributed by atoms with Gasteiger partial charge in [0.15, 0.2) is 0 Å². The Labute approximate surface area is 94.2 Å². The lowest BCUT2D eigenvalue weighted by molar-refractivity contribution is -0.889. The van der Waals surface area contributed by atoms with Crippen LogP contribution in [-0.2, 0) is 0 Å². The zero-order chi connectivity index (χ0) is 9.61. The summed E-state index contributed by atoms with van der Waals surface area (Å²) in [5, 5.41) is 0. The van der Waals surface area contributed by atoms with Crippen molar-refractivity contribution in [2.45, 2.75) is 39.2 Å². The van der Waals surface area contributed by atoms with E-state index in [9.17, 15) is 0 Å². The number of unbranched alkanes of at least 4 members (excludes halogenated alkanes) is 1. The van der Waals surface area contributed by atoms with Gasteiger partial charge >= 0.3 is 0 Å². The number of nitrogens with zero attached hydrogens (tertiary/aromatic N) is 1. The Morgan fingerprint density at radius 3 is 2.08 bits per heavy atom. The summed E-state index contributed by atoms with van der Waals surface area (Å²) in [6, 6.07) is 0.690. The second kappa shape index (κ2) is 7.57. The molecule has 0 radical (unpaired) electrons. The molecule has 1 atom stereocenters. The van der Waals surface area contributed by atoms with Gasteiger partial charge in [0.05, 0.1) is 21.1 Å². The molecule has 0 fully saturated rings. The van der Waals surface area contributed by atoms with E-state index in [0.29, 0.717) is 6.04 Å². The van der Waals surface area contributed by atoms with Crippen molar-refractivity contribution in [3.8, 4) is 0 Å². The Bertz CT molecular complexity index is 136. The van der Waals surface area contributed by atoms with Crippen molar-refractivity contribution < 1.29 is 21.5 Å². The Morgan fingerprint density at radius 2 is 1.77 bits per heavy atom. The second-order valence-corrected chi connectivity index (χ2v) is 4.35. The monoisotopic (exact) mass is 249 g/mol. The first kappa shape index (κ1) is 15.6. The molecule has 0 bridgehead atoms. The van der Waals surface area contributed by atoms with E-state index in [2.05, 4.69) is 47.1 Å². The third kappa shape index (κ3) is 7.27. The molecule has 0 saturated heterocycles. The quantitative estimate of drug-likeness (QED) is 0.469. The van der Waals surface area contributed by atoms with Gasteiger partial charge in [0.2, 0.25) is 0 Å². The summed E-state index contributed by atoms with van der Waals surface area (Å²) >= 11 is 0. The molecule has 0 amide bonds. The van der Waals surface area contributed by atoms with Crippen molar-refractivity contribution >= 4 is 0 Å². The number of likely N-dealkylation sites (N-methyl/N-ethyl adjacent to an activating group) is 1. The highest BCUT2D eigenvalue weighted by molar-refractivity contribution is 4.86. The Balaban J connectivity index is 0. The molecule has 0 aliphatic rings. The topological polar surface area (TPSA) is 0 Å². The lowest BCUT2D eigenvalue weighted by Crippen LogP contribution is -3.00. The molecule has 0 rings (SSSR count). The average molecular weight is 250 g/mol. The minimum Gasteiger partial charge on any atom is -1.00 e. The predicted molar refractivity (Wildman–Crippen MR) is 56.2 cm³/mol. The highest BCUT2D eigenvalue weighted by atomic mass is 79.9. The third-order valence-electron chi connectivity index (χ3n) is 2.26. The van der Waals surface area contributed by atoms with E-state index >= 15 is 0 Å². The van der Waals surface area contributed by atoms with Crippen LogP contribution < -0.4 is 17.0 Å². The van der Waals surface area contributed by atoms with E-state index in [-0.39, 0.29) is 17.0 Å².